The van der Waals surface area contributed by atoms with Gasteiger partial charge in [-0.05, 0) is 17.7 Å². The normalized spacial score (nSPS) is 19.1. The zero-order chi connectivity index (χ0) is 22.0. The molecular weight excluding hydrogens is 414 g/mol. The minimum Gasteiger partial charge on any atom is -0.347 e. The van der Waals surface area contributed by atoms with Crippen LogP contribution in [0.15, 0.2) is 72.1 Å². The third-order valence-corrected chi connectivity index (χ3v) is 7.13. The first-order valence-electron chi connectivity index (χ1n) is 9.73. The van der Waals surface area contributed by atoms with Crippen molar-refractivity contribution in [1.82, 2.24) is 19.2 Å². The Morgan fingerprint density at radius 2 is 1.84 bits per heavy atom. The number of carbonyl (C=O) groups excluding carboxylic acids is 1. The lowest BCUT2D eigenvalue weighted by Crippen LogP contribution is -2.40. The van der Waals surface area contributed by atoms with Crippen molar-refractivity contribution in [2.24, 2.45) is 7.05 Å². The summed E-state index contributed by atoms with van der Waals surface area (Å²) in [5.74, 6) is -0.641. The molecule has 0 spiro atoms. The van der Waals surface area contributed by atoms with E-state index in [0.29, 0.717) is 0 Å². The minimum atomic E-state index is -3.81. The smallest absolute Gasteiger partial charge is 0.262 e. The molecule has 8 nitrogen and oxygen atoms in total. The van der Waals surface area contributed by atoms with E-state index in [1.54, 1.807) is 35.9 Å². The lowest BCUT2D eigenvalue weighted by atomic mass is 9.94. The molecule has 1 N–H and O–H groups in total. The van der Waals surface area contributed by atoms with Crippen LogP contribution in [0.1, 0.15) is 27.4 Å². The predicted molar refractivity (Wildman–Crippen MR) is 114 cm³/mol. The summed E-state index contributed by atoms with van der Waals surface area (Å²) < 4.78 is 29.2. The standard InChI is InChI=1S/C22H21N5O3S/c1-26-14-21(24-15-26)31(29,30)27-12-19(16-7-3-2-4-8-16)20(13-27)25-22(28)18-10-6-5-9-17(18)11-23/h2-10,14-15,19-20H,12-13H2,1H3,(H,25,28). The fourth-order valence-electron chi connectivity index (χ4n) is 3.83. The summed E-state index contributed by atoms with van der Waals surface area (Å²) in [5.41, 5.74) is 1.47. The van der Waals surface area contributed by atoms with Gasteiger partial charge in [0.25, 0.3) is 15.9 Å². The predicted octanol–water partition coefficient (Wildman–Crippen LogP) is 1.88. The molecule has 4 rings (SSSR count). The molecule has 1 aliphatic rings. The molecule has 0 bridgehead atoms. The number of rotatable bonds is 5. The van der Waals surface area contributed by atoms with Crippen molar-refractivity contribution in [3.8, 4) is 6.07 Å². The molecule has 9 heteroatoms. The van der Waals surface area contributed by atoms with Crippen LogP contribution in [0.5, 0.6) is 0 Å². The van der Waals surface area contributed by atoms with Crippen LogP contribution in [0, 0.1) is 11.3 Å². The van der Waals surface area contributed by atoms with Gasteiger partial charge in [0, 0.05) is 32.3 Å². The highest BCUT2D eigenvalue weighted by Gasteiger charge is 2.41. The Hall–Kier alpha value is -3.48. The number of aromatic nitrogens is 2. The number of amides is 1. The molecule has 0 aliphatic carbocycles. The third kappa shape index (κ3) is 4.08. The molecule has 3 aromatic rings. The Kier molecular flexibility index (Phi) is 5.59. The Bertz CT molecular complexity index is 1250. The second-order valence-electron chi connectivity index (χ2n) is 7.45. The van der Waals surface area contributed by atoms with Crippen molar-refractivity contribution < 1.29 is 13.2 Å². The lowest BCUT2D eigenvalue weighted by Gasteiger charge is -2.20. The average molecular weight is 436 g/mol. The van der Waals surface area contributed by atoms with Gasteiger partial charge >= 0.3 is 0 Å². The van der Waals surface area contributed by atoms with Crippen LogP contribution in [0.25, 0.3) is 0 Å². The van der Waals surface area contributed by atoms with Crippen LogP contribution in [-0.2, 0) is 17.1 Å². The number of nitrogens with one attached hydrogen (secondary N) is 1. The van der Waals surface area contributed by atoms with Crippen LogP contribution in [0.4, 0.5) is 0 Å². The summed E-state index contributed by atoms with van der Waals surface area (Å²) in [6, 6.07) is 17.6. The fourth-order valence-corrected chi connectivity index (χ4v) is 5.29. The van der Waals surface area contributed by atoms with E-state index < -0.39 is 22.0 Å². The molecule has 158 valence electrons. The minimum absolute atomic E-state index is 0.0244. The number of hydrogen-bond acceptors (Lipinski definition) is 5. The summed E-state index contributed by atoms with van der Waals surface area (Å²) in [6.45, 7) is 0.326. The van der Waals surface area contributed by atoms with Crippen molar-refractivity contribution in [2.45, 2.75) is 17.0 Å². The Morgan fingerprint density at radius 3 is 2.52 bits per heavy atom. The van der Waals surface area contributed by atoms with Crippen LogP contribution < -0.4 is 5.32 Å². The largest absolute Gasteiger partial charge is 0.347 e. The van der Waals surface area contributed by atoms with Crippen molar-refractivity contribution in [3.05, 3.63) is 83.8 Å². The summed E-state index contributed by atoms with van der Waals surface area (Å²) >= 11 is 0. The molecule has 0 radical (unpaired) electrons. The van der Waals surface area contributed by atoms with Gasteiger partial charge in [0.05, 0.1) is 29.6 Å². The second-order valence-corrected chi connectivity index (χ2v) is 9.34. The van der Waals surface area contributed by atoms with E-state index in [1.165, 1.54) is 16.8 Å². The molecule has 2 unspecified atom stereocenters. The number of nitrogens with zero attached hydrogens (tertiary/aromatic N) is 4. The molecule has 2 atom stereocenters. The van der Waals surface area contributed by atoms with Gasteiger partial charge in [0.15, 0.2) is 5.03 Å². The van der Waals surface area contributed by atoms with Crippen LogP contribution in [0.3, 0.4) is 0 Å². The van der Waals surface area contributed by atoms with Crippen molar-refractivity contribution in [2.75, 3.05) is 13.1 Å². The van der Waals surface area contributed by atoms with Gasteiger partial charge in [-0.25, -0.2) is 13.4 Å². The van der Waals surface area contributed by atoms with Crippen molar-refractivity contribution in [1.29, 1.82) is 5.26 Å². The van der Waals surface area contributed by atoms with Gasteiger partial charge in [-0.15, -0.1) is 0 Å². The zero-order valence-electron chi connectivity index (χ0n) is 16.8. The molecule has 1 aliphatic heterocycles. The van der Waals surface area contributed by atoms with E-state index in [-0.39, 0.29) is 35.2 Å². The summed E-state index contributed by atoms with van der Waals surface area (Å²) in [7, 11) is -2.10. The quantitative estimate of drug-likeness (QED) is 0.658. The first-order valence-corrected chi connectivity index (χ1v) is 11.2. The maximum absolute atomic E-state index is 13.1. The molecular formula is C22H21N5O3S. The van der Waals surface area contributed by atoms with Gasteiger partial charge in [-0.2, -0.15) is 9.57 Å². The molecule has 1 aromatic heterocycles. The van der Waals surface area contributed by atoms with Crippen molar-refractivity contribution >= 4 is 15.9 Å². The Balaban J connectivity index is 1.64. The highest BCUT2D eigenvalue weighted by atomic mass is 32.2. The van der Waals surface area contributed by atoms with E-state index in [4.69, 9.17) is 0 Å². The Morgan fingerprint density at radius 1 is 1.13 bits per heavy atom. The molecule has 2 aromatic carbocycles. The molecule has 31 heavy (non-hydrogen) atoms. The fraction of sp³-hybridized carbons (Fsp3) is 0.227. The maximum Gasteiger partial charge on any atom is 0.262 e. The maximum atomic E-state index is 13.1. The summed E-state index contributed by atoms with van der Waals surface area (Å²) in [6.07, 6.45) is 2.90. The van der Waals surface area contributed by atoms with Crippen LogP contribution in [-0.4, -0.2) is 47.3 Å². The third-order valence-electron chi connectivity index (χ3n) is 5.41. The molecule has 2 heterocycles. The molecule has 0 saturated carbocycles. The number of imidazole rings is 1. The highest BCUT2D eigenvalue weighted by Crippen LogP contribution is 2.31. The lowest BCUT2D eigenvalue weighted by molar-refractivity contribution is 0.0936. The second kappa shape index (κ2) is 8.34. The van der Waals surface area contributed by atoms with Gasteiger partial charge in [0.2, 0.25) is 0 Å². The number of carbonyl (C=O) groups is 1. The topological polar surface area (TPSA) is 108 Å². The van der Waals surface area contributed by atoms with Gasteiger partial charge in [-0.3, -0.25) is 4.79 Å². The van der Waals surface area contributed by atoms with Crippen LogP contribution >= 0.6 is 0 Å². The zero-order valence-corrected chi connectivity index (χ0v) is 17.7. The summed E-state index contributed by atoms with van der Waals surface area (Å²) in [5, 5.41) is 12.2. The van der Waals surface area contributed by atoms with E-state index in [0.717, 1.165) is 5.56 Å². The molecule has 1 saturated heterocycles. The van der Waals surface area contributed by atoms with Gasteiger partial charge in [0.1, 0.15) is 0 Å². The van der Waals surface area contributed by atoms with E-state index in [2.05, 4.69) is 10.3 Å². The average Bonchev–Trinajstić information content (AvgIpc) is 3.41. The molecule has 1 fully saturated rings. The number of benzene rings is 2. The Labute approximate surface area is 180 Å². The monoisotopic (exact) mass is 435 g/mol. The van der Waals surface area contributed by atoms with Crippen LogP contribution in [0.2, 0.25) is 0 Å². The first kappa shape index (κ1) is 20.8. The highest BCUT2D eigenvalue weighted by molar-refractivity contribution is 7.89. The van der Waals surface area contributed by atoms with E-state index in [1.807, 2.05) is 36.4 Å². The first-order chi connectivity index (χ1) is 14.9. The van der Waals surface area contributed by atoms with E-state index in [9.17, 15) is 18.5 Å². The van der Waals surface area contributed by atoms with E-state index >= 15 is 0 Å². The van der Waals surface area contributed by atoms with Gasteiger partial charge < -0.3 is 9.88 Å². The van der Waals surface area contributed by atoms with Gasteiger partial charge in [-0.1, -0.05) is 42.5 Å². The van der Waals surface area contributed by atoms with Crippen molar-refractivity contribution in [3.63, 3.8) is 0 Å². The molecule has 1 amide bonds. The number of hydrogen-bond donors (Lipinski definition) is 1. The number of sulfonamides is 1. The number of aryl methyl sites for hydroxylation is 1. The number of nitriles is 1. The SMILES string of the molecule is Cn1cnc(S(=O)(=O)N2CC(NC(=O)c3ccccc3C#N)C(c3ccccc3)C2)c1. The summed E-state index contributed by atoms with van der Waals surface area (Å²) in [4.78, 5) is 16.9.